The summed E-state index contributed by atoms with van der Waals surface area (Å²) in [7, 11) is 0. The van der Waals surface area contributed by atoms with E-state index in [4.69, 9.17) is 75.0 Å². The smallest absolute Gasteiger partial charge is 0.409 e. The van der Waals surface area contributed by atoms with Crippen LogP contribution < -0.4 is 16.0 Å². The van der Waals surface area contributed by atoms with Gasteiger partial charge < -0.3 is 15.4 Å². The summed E-state index contributed by atoms with van der Waals surface area (Å²) in [6, 6.07) is 13.9. The molecule has 1 amide bonds. The molecule has 0 bridgehead atoms. The van der Waals surface area contributed by atoms with Gasteiger partial charge in [0.1, 0.15) is 6.61 Å². The number of halogens is 5. The summed E-state index contributed by atoms with van der Waals surface area (Å²) in [5.41, 5.74) is 1.30. The van der Waals surface area contributed by atoms with Gasteiger partial charge in [-0.15, -0.1) is 0 Å². The number of hydrogen-bond donors (Lipinski definition) is 3. The summed E-state index contributed by atoms with van der Waals surface area (Å²) < 4.78 is 3.21. The third-order valence-electron chi connectivity index (χ3n) is 3.26. The fourth-order valence-electron chi connectivity index (χ4n) is 1.96. The summed E-state index contributed by atoms with van der Waals surface area (Å²) in [5, 5.41) is 8.82. The second-order valence-electron chi connectivity index (χ2n) is 5.40. The lowest BCUT2D eigenvalue weighted by molar-refractivity contribution is 0.135. The van der Waals surface area contributed by atoms with Crippen molar-refractivity contribution in [3.8, 4) is 0 Å². The van der Waals surface area contributed by atoms with Gasteiger partial charge in [-0.1, -0.05) is 88.3 Å². The number of carbonyl (C=O) groups excluding carboxylic acids is 1. The molecule has 5 nitrogen and oxygen atoms in total. The molecule has 3 N–H and O–H groups in total. The van der Waals surface area contributed by atoms with Gasteiger partial charge in [0.25, 0.3) is 0 Å². The summed E-state index contributed by atoms with van der Waals surface area (Å²) >= 11 is 34.9. The first-order chi connectivity index (χ1) is 13.1. The van der Waals surface area contributed by atoms with E-state index in [0.717, 1.165) is 5.56 Å². The van der Waals surface area contributed by atoms with Crippen LogP contribution in [0.25, 0.3) is 0 Å². The second kappa shape index (κ2) is 10.6. The standard InChI is InChI=1S/C17H14Cl5N3O2S/c18-11-6-7-13(12(19)8-11)23-15(28)24-14(17(20,21)22)25-16(26)27-9-10-4-2-1-3-5-10/h1-8,14H,9H2,(H,25,26)(H2,23,24,28)/t14-/m0/s1. The number of ether oxygens (including phenoxy) is 1. The quantitative estimate of drug-likeness (QED) is 0.270. The molecule has 28 heavy (non-hydrogen) atoms. The summed E-state index contributed by atoms with van der Waals surface area (Å²) in [5.74, 6) is 0. The first-order valence-electron chi connectivity index (χ1n) is 7.71. The fourth-order valence-corrected chi connectivity index (χ4v) is 2.97. The lowest BCUT2D eigenvalue weighted by atomic mass is 10.2. The van der Waals surface area contributed by atoms with E-state index in [-0.39, 0.29) is 11.7 Å². The van der Waals surface area contributed by atoms with Crippen molar-refractivity contribution in [1.82, 2.24) is 10.6 Å². The molecule has 0 radical (unpaired) electrons. The van der Waals surface area contributed by atoms with Crippen molar-refractivity contribution in [3.63, 3.8) is 0 Å². The molecule has 0 heterocycles. The molecule has 2 rings (SSSR count). The Morgan fingerprint density at radius 2 is 1.75 bits per heavy atom. The highest BCUT2D eigenvalue weighted by Gasteiger charge is 2.35. The minimum Gasteiger partial charge on any atom is -0.445 e. The number of amides is 1. The number of hydrogen-bond acceptors (Lipinski definition) is 3. The van der Waals surface area contributed by atoms with Crippen LogP contribution in [0.3, 0.4) is 0 Å². The number of benzene rings is 2. The third-order valence-corrected chi connectivity index (χ3v) is 4.68. The molecule has 0 aliphatic heterocycles. The maximum absolute atomic E-state index is 12.1. The summed E-state index contributed by atoms with van der Waals surface area (Å²) in [4.78, 5) is 12.1. The summed E-state index contributed by atoms with van der Waals surface area (Å²) in [6.45, 7) is 0.0579. The van der Waals surface area contributed by atoms with Crippen LogP contribution in [0.5, 0.6) is 0 Å². The number of alkyl carbamates (subject to hydrolysis) is 1. The fraction of sp³-hybridized carbons (Fsp3) is 0.176. The van der Waals surface area contributed by atoms with E-state index in [9.17, 15) is 4.79 Å². The molecule has 0 aliphatic rings. The zero-order valence-electron chi connectivity index (χ0n) is 14.0. The normalized spacial score (nSPS) is 12.0. The molecular weight excluding hydrogens is 488 g/mol. The van der Waals surface area contributed by atoms with Gasteiger partial charge >= 0.3 is 6.09 Å². The molecule has 0 unspecified atom stereocenters. The lowest BCUT2D eigenvalue weighted by Gasteiger charge is -2.27. The molecular formula is C17H14Cl5N3O2S. The van der Waals surface area contributed by atoms with E-state index in [0.29, 0.717) is 15.7 Å². The van der Waals surface area contributed by atoms with Crippen molar-refractivity contribution in [2.24, 2.45) is 0 Å². The van der Waals surface area contributed by atoms with E-state index in [2.05, 4.69) is 16.0 Å². The molecule has 0 saturated carbocycles. The van der Waals surface area contributed by atoms with E-state index < -0.39 is 16.1 Å². The first kappa shape index (κ1) is 23.1. The molecule has 1 atom stereocenters. The molecule has 2 aromatic carbocycles. The molecule has 0 aliphatic carbocycles. The van der Waals surface area contributed by atoms with E-state index >= 15 is 0 Å². The number of alkyl halides is 3. The molecule has 0 saturated heterocycles. The maximum Gasteiger partial charge on any atom is 0.409 e. The topological polar surface area (TPSA) is 62.4 Å². The molecule has 150 valence electrons. The van der Waals surface area contributed by atoms with Crippen LogP contribution in [0.2, 0.25) is 10.0 Å². The van der Waals surface area contributed by atoms with Gasteiger partial charge in [0, 0.05) is 5.02 Å². The Hall–Kier alpha value is -1.15. The Kier molecular flexibility index (Phi) is 8.74. The number of thiocarbonyl (C=S) groups is 1. The molecule has 0 fully saturated rings. The van der Waals surface area contributed by atoms with Crippen molar-refractivity contribution in [2.45, 2.75) is 16.6 Å². The van der Waals surface area contributed by atoms with Gasteiger partial charge in [-0.2, -0.15) is 0 Å². The Morgan fingerprint density at radius 3 is 2.36 bits per heavy atom. The van der Waals surface area contributed by atoms with Crippen LogP contribution in [0.4, 0.5) is 10.5 Å². The van der Waals surface area contributed by atoms with Crippen molar-refractivity contribution in [2.75, 3.05) is 5.32 Å². The van der Waals surface area contributed by atoms with Gasteiger partial charge in [-0.25, -0.2) is 4.79 Å². The number of nitrogens with one attached hydrogen (secondary N) is 3. The predicted molar refractivity (Wildman–Crippen MR) is 120 cm³/mol. The van der Waals surface area contributed by atoms with Crippen molar-refractivity contribution in [1.29, 1.82) is 0 Å². The van der Waals surface area contributed by atoms with Crippen LogP contribution in [0.15, 0.2) is 48.5 Å². The number of anilines is 1. The first-order valence-corrected chi connectivity index (χ1v) is 10.0. The Balaban J connectivity index is 1.95. The van der Waals surface area contributed by atoms with Crippen LogP contribution in [0, 0.1) is 0 Å². The van der Waals surface area contributed by atoms with Gasteiger partial charge in [0.15, 0.2) is 11.3 Å². The lowest BCUT2D eigenvalue weighted by Crippen LogP contribution is -2.56. The van der Waals surface area contributed by atoms with Gasteiger partial charge in [0.05, 0.1) is 10.7 Å². The largest absolute Gasteiger partial charge is 0.445 e. The highest BCUT2D eigenvalue weighted by atomic mass is 35.6. The minimum absolute atomic E-state index is 0.0579. The molecule has 0 aromatic heterocycles. The van der Waals surface area contributed by atoms with E-state index in [1.165, 1.54) is 0 Å². The van der Waals surface area contributed by atoms with Crippen LogP contribution in [-0.2, 0) is 11.3 Å². The molecule has 0 spiro atoms. The maximum atomic E-state index is 12.1. The Labute approximate surface area is 192 Å². The van der Waals surface area contributed by atoms with Crippen LogP contribution in [-0.4, -0.2) is 21.2 Å². The SMILES string of the molecule is O=C(N[C@H](NC(=S)Nc1ccc(Cl)cc1Cl)C(Cl)(Cl)Cl)OCc1ccccc1. The van der Waals surface area contributed by atoms with Crippen LogP contribution in [0.1, 0.15) is 5.56 Å². The average Bonchev–Trinajstić information content (AvgIpc) is 2.62. The van der Waals surface area contributed by atoms with Crippen molar-refractivity contribution < 1.29 is 9.53 Å². The zero-order chi connectivity index (χ0) is 20.7. The van der Waals surface area contributed by atoms with Crippen molar-refractivity contribution >= 4 is 87.1 Å². The van der Waals surface area contributed by atoms with Gasteiger partial charge in [-0.3, -0.25) is 5.32 Å². The third kappa shape index (κ3) is 7.70. The predicted octanol–water partition coefficient (Wildman–Crippen LogP) is 5.90. The number of carbonyl (C=O) groups is 1. The van der Waals surface area contributed by atoms with Crippen LogP contribution >= 0.6 is 70.2 Å². The van der Waals surface area contributed by atoms with Gasteiger partial charge in [-0.05, 0) is 36.0 Å². The Bertz CT molecular complexity index is 833. The second-order valence-corrected chi connectivity index (χ2v) is 9.02. The summed E-state index contributed by atoms with van der Waals surface area (Å²) in [6.07, 6.45) is -1.97. The number of rotatable bonds is 5. The van der Waals surface area contributed by atoms with Crippen molar-refractivity contribution in [3.05, 3.63) is 64.1 Å². The molecule has 11 heteroatoms. The van der Waals surface area contributed by atoms with E-state index in [1.54, 1.807) is 18.2 Å². The minimum atomic E-state index is -1.92. The monoisotopic (exact) mass is 499 g/mol. The highest BCUT2D eigenvalue weighted by Crippen LogP contribution is 2.30. The van der Waals surface area contributed by atoms with E-state index in [1.807, 2.05) is 30.3 Å². The molecule has 2 aromatic rings. The zero-order valence-corrected chi connectivity index (χ0v) is 18.6. The Morgan fingerprint density at radius 1 is 1.07 bits per heavy atom. The van der Waals surface area contributed by atoms with Gasteiger partial charge in [0.2, 0.25) is 3.79 Å². The highest BCUT2D eigenvalue weighted by molar-refractivity contribution is 7.80. The average molecular weight is 502 g/mol.